The zero-order valence-electron chi connectivity index (χ0n) is 14.0. The van der Waals surface area contributed by atoms with Crippen LogP contribution < -0.4 is 9.64 Å². The fourth-order valence-corrected chi connectivity index (χ4v) is 3.53. The highest BCUT2D eigenvalue weighted by molar-refractivity contribution is 9.09. The standard InChI is InChI=1S/C17H18BrN5OS/c1-3-23(11-10-18)13-6-4-12(5-7-13)21-22-17-19-14-8-9-15(24-2)20-16(14)25-17/h4-9H,3,10-11H2,1-2H3. The normalized spacial score (nSPS) is 11.3. The number of benzene rings is 1. The molecule has 0 atom stereocenters. The zero-order valence-corrected chi connectivity index (χ0v) is 16.4. The van der Waals surface area contributed by atoms with E-state index in [2.05, 4.69) is 60.1 Å². The summed E-state index contributed by atoms with van der Waals surface area (Å²) in [4.78, 5) is 11.8. The molecule has 0 amide bonds. The van der Waals surface area contributed by atoms with Crippen molar-refractivity contribution in [3.63, 3.8) is 0 Å². The maximum absolute atomic E-state index is 5.12. The number of rotatable bonds is 7. The largest absolute Gasteiger partial charge is 0.481 e. The smallest absolute Gasteiger partial charge is 0.232 e. The van der Waals surface area contributed by atoms with Gasteiger partial charge in [-0.25, -0.2) is 9.97 Å². The molecular formula is C17H18BrN5OS. The van der Waals surface area contributed by atoms with E-state index < -0.39 is 0 Å². The van der Waals surface area contributed by atoms with Gasteiger partial charge in [0.2, 0.25) is 11.0 Å². The molecule has 0 N–H and O–H groups in total. The molecule has 0 spiro atoms. The molecule has 8 heteroatoms. The molecule has 3 rings (SSSR count). The van der Waals surface area contributed by atoms with Gasteiger partial charge in [-0.3, -0.25) is 0 Å². The Kier molecular flexibility index (Phi) is 5.93. The number of fused-ring (bicyclic) bond motifs is 1. The summed E-state index contributed by atoms with van der Waals surface area (Å²) in [7, 11) is 1.59. The maximum atomic E-state index is 5.12. The highest BCUT2D eigenvalue weighted by atomic mass is 79.9. The number of methoxy groups -OCH3 is 1. The number of hydrogen-bond donors (Lipinski definition) is 0. The van der Waals surface area contributed by atoms with E-state index in [1.54, 1.807) is 13.2 Å². The van der Waals surface area contributed by atoms with Crippen molar-refractivity contribution >= 4 is 54.1 Å². The molecule has 130 valence electrons. The minimum atomic E-state index is 0.569. The molecule has 25 heavy (non-hydrogen) atoms. The molecule has 0 radical (unpaired) electrons. The molecule has 2 heterocycles. The Morgan fingerprint density at radius 2 is 1.92 bits per heavy atom. The molecule has 1 aromatic carbocycles. The Bertz CT molecular complexity index is 865. The van der Waals surface area contributed by atoms with Gasteiger partial charge >= 0.3 is 0 Å². The number of hydrogen-bond acceptors (Lipinski definition) is 7. The molecule has 0 saturated heterocycles. The molecule has 0 fully saturated rings. The van der Waals surface area contributed by atoms with Crippen LogP contribution in [-0.2, 0) is 0 Å². The summed E-state index contributed by atoms with van der Waals surface area (Å²) in [5.74, 6) is 0.569. The van der Waals surface area contributed by atoms with E-state index >= 15 is 0 Å². The number of anilines is 1. The molecule has 6 nitrogen and oxygen atoms in total. The number of thiazole rings is 1. The van der Waals surface area contributed by atoms with Gasteiger partial charge in [-0.1, -0.05) is 27.3 Å². The van der Waals surface area contributed by atoms with Gasteiger partial charge < -0.3 is 9.64 Å². The van der Waals surface area contributed by atoms with E-state index in [-0.39, 0.29) is 0 Å². The van der Waals surface area contributed by atoms with Gasteiger partial charge in [0.25, 0.3) is 0 Å². The third-order valence-electron chi connectivity index (χ3n) is 3.63. The van der Waals surface area contributed by atoms with E-state index in [9.17, 15) is 0 Å². The first kappa shape index (κ1) is 17.8. The lowest BCUT2D eigenvalue weighted by Gasteiger charge is -2.21. The van der Waals surface area contributed by atoms with Crippen LogP contribution in [0.25, 0.3) is 10.3 Å². The van der Waals surface area contributed by atoms with E-state index in [0.29, 0.717) is 11.0 Å². The van der Waals surface area contributed by atoms with Crippen molar-refractivity contribution in [3.8, 4) is 5.88 Å². The van der Waals surface area contributed by atoms with Crippen molar-refractivity contribution in [3.05, 3.63) is 36.4 Å². The van der Waals surface area contributed by atoms with Crippen molar-refractivity contribution in [2.24, 2.45) is 10.2 Å². The third kappa shape index (κ3) is 4.32. The van der Waals surface area contributed by atoms with Crippen LogP contribution in [-0.4, -0.2) is 35.5 Å². The molecule has 0 bridgehead atoms. The minimum Gasteiger partial charge on any atom is -0.481 e. The highest BCUT2D eigenvalue weighted by Gasteiger charge is 2.06. The Morgan fingerprint density at radius 3 is 2.60 bits per heavy atom. The summed E-state index contributed by atoms with van der Waals surface area (Å²) in [6.07, 6.45) is 0. The second kappa shape index (κ2) is 8.35. The Hall–Kier alpha value is -2.06. The Labute approximate surface area is 158 Å². The average Bonchev–Trinajstić information content (AvgIpc) is 3.07. The van der Waals surface area contributed by atoms with Gasteiger partial charge in [-0.15, -0.1) is 10.2 Å². The lowest BCUT2D eigenvalue weighted by molar-refractivity contribution is 0.400. The molecule has 0 aliphatic heterocycles. The number of ether oxygens (including phenoxy) is 1. The van der Waals surface area contributed by atoms with Crippen LogP contribution >= 0.6 is 27.3 Å². The second-order valence-corrected chi connectivity index (χ2v) is 6.91. The topological polar surface area (TPSA) is 63.0 Å². The van der Waals surface area contributed by atoms with Crippen molar-refractivity contribution in [1.82, 2.24) is 9.97 Å². The van der Waals surface area contributed by atoms with Crippen molar-refractivity contribution in [1.29, 1.82) is 0 Å². The number of halogens is 1. The molecule has 0 saturated carbocycles. The molecule has 0 aliphatic rings. The van der Waals surface area contributed by atoms with Gasteiger partial charge in [0.1, 0.15) is 10.3 Å². The lowest BCUT2D eigenvalue weighted by Crippen LogP contribution is -2.24. The minimum absolute atomic E-state index is 0.569. The summed E-state index contributed by atoms with van der Waals surface area (Å²) in [5.41, 5.74) is 2.77. The van der Waals surface area contributed by atoms with Crippen molar-refractivity contribution in [2.45, 2.75) is 6.92 Å². The maximum Gasteiger partial charge on any atom is 0.232 e. The lowest BCUT2D eigenvalue weighted by atomic mass is 10.2. The fraction of sp³-hybridized carbons (Fsp3) is 0.294. The summed E-state index contributed by atoms with van der Waals surface area (Å²) >= 11 is 4.87. The van der Waals surface area contributed by atoms with E-state index in [1.807, 2.05) is 18.2 Å². The summed E-state index contributed by atoms with van der Waals surface area (Å²) in [6.45, 7) is 4.08. The predicted molar refractivity (Wildman–Crippen MR) is 106 cm³/mol. The molecule has 0 aliphatic carbocycles. The van der Waals surface area contributed by atoms with Gasteiger partial charge in [0.05, 0.1) is 12.8 Å². The van der Waals surface area contributed by atoms with Crippen LogP contribution in [0.3, 0.4) is 0 Å². The van der Waals surface area contributed by atoms with E-state index in [0.717, 1.165) is 34.5 Å². The summed E-state index contributed by atoms with van der Waals surface area (Å²) in [5, 5.41) is 10.0. The molecule has 3 aromatic rings. The van der Waals surface area contributed by atoms with Crippen LogP contribution in [0.5, 0.6) is 5.88 Å². The van der Waals surface area contributed by atoms with Crippen LogP contribution in [0.15, 0.2) is 46.6 Å². The third-order valence-corrected chi connectivity index (χ3v) is 4.83. The molecular weight excluding hydrogens is 402 g/mol. The van der Waals surface area contributed by atoms with Gasteiger partial charge in [-0.05, 0) is 37.3 Å². The van der Waals surface area contributed by atoms with Crippen LogP contribution in [0, 0.1) is 0 Å². The molecule has 0 unspecified atom stereocenters. The van der Waals surface area contributed by atoms with Gasteiger partial charge in [0.15, 0.2) is 0 Å². The van der Waals surface area contributed by atoms with Crippen LogP contribution in [0.4, 0.5) is 16.5 Å². The first-order valence-electron chi connectivity index (χ1n) is 7.87. The summed E-state index contributed by atoms with van der Waals surface area (Å²) in [6, 6.07) is 11.7. The van der Waals surface area contributed by atoms with Gasteiger partial charge in [-0.2, -0.15) is 0 Å². The second-order valence-electron chi connectivity index (χ2n) is 5.16. The van der Waals surface area contributed by atoms with E-state index in [4.69, 9.17) is 4.74 Å². The fourth-order valence-electron chi connectivity index (χ4n) is 2.35. The first-order valence-corrected chi connectivity index (χ1v) is 9.81. The number of pyridine rings is 1. The SMILES string of the molecule is CCN(CCBr)c1ccc(N=Nc2nc3ccc(OC)nc3s2)cc1. The quantitative estimate of drug-likeness (QED) is 0.383. The van der Waals surface area contributed by atoms with Crippen molar-refractivity contribution < 1.29 is 4.74 Å². The first-order chi connectivity index (χ1) is 12.2. The average molecular weight is 420 g/mol. The van der Waals surface area contributed by atoms with E-state index in [1.165, 1.54) is 17.0 Å². The van der Waals surface area contributed by atoms with Crippen molar-refractivity contribution in [2.75, 3.05) is 30.4 Å². The zero-order chi connectivity index (χ0) is 17.6. The number of alkyl halides is 1. The number of aromatic nitrogens is 2. The summed E-state index contributed by atoms with van der Waals surface area (Å²) < 4.78 is 5.12. The predicted octanol–water partition coefficient (Wildman–Crippen LogP) is 5.34. The van der Waals surface area contributed by atoms with Crippen LogP contribution in [0.2, 0.25) is 0 Å². The Balaban J connectivity index is 1.75. The highest BCUT2D eigenvalue weighted by Crippen LogP contribution is 2.29. The monoisotopic (exact) mass is 419 g/mol. The number of nitrogens with zero attached hydrogens (tertiary/aromatic N) is 5. The Morgan fingerprint density at radius 1 is 1.12 bits per heavy atom. The molecule has 2 aromatic heterocycles. The van der Waals surface area contributed by atoms with Gasteiger partial charge in [0, 0.05) is 30.2 Å². The van der Waals surface area contributed by atoms with Crippen LogP contribution in [0.1, 0.15) is 6.92 Å². The number of azo groups is 1.